The highest BCUT2D eigenvalue weighted by atomic mass is 16.4. The van der Waals surface area contributed by atoms with Crippen molar-refractivity contribution in [1.29, 1.82) is 0 Å². The van der Waals surface area contributed by atoms with E-state index in [0.29, 0.717) is 19.4 Å². The minimum atomic E-state index is -1.17. The molecule has 0 bridgehead atoms. The maximum absolute atomic E-state index is 12.3. The summed E-state index contributed by atoms with van der Waals surface area (Å²) in [6.45, 7) is 0.417. The zero-order chi connectivity index (χ0) is 14.0. The molecular weight excluding hydrogens is 248 g/mol. The van der Waals surface area contributed by atoms with E-state index >= 15 is 0 Å². The van der Waals surface area contributed by atoms with Crippen LogP contribution in [-0.2, 0) is 4.79 Å². The highest BCUT2D eigenvalue weighted by Gasteiger charge is 2.34. The molecule has 0 saturated carbocycles. The first-order valence-electron chi connectivity index (χ1n) is 5.95. The largest absolute Gasteiger partial charge is 0.478 e. The minimum absolute atomic E-state index is 0.0670. The Balaban J connectivity index is 2.34. The van der Waals surface area contributed by atoms with E-state index < -0.39 is 23.8 Å². The van der Waals surface area contributed by atoms with Crippen molar-refractivity contribution < 1.29 is 19.5 Å². The number of aromatic carboxylic acids is 1. The number of primary amides is 1. The molecule has 0 aromatic heterocycles. The number of hydrogen-bond acceptors (Lipinski definition) is 3. The van der Waals surface area contributed by atoms with Crippen molar-refractivity contribution in [2.75, 3.05) is 6.54 Å². The molecule has 6 heteroatoms. The fraction of sp³-hybridized carbons (Fsp3) is 0.308. The first-order valence-corrected chi connectivity index (χ1v) is 5.95. The summed E-state index contributed by atoms with van der Waals surface area (Å²) in [6.07, 6.45) is 1.21. The predicted octanol–water partition coefficient (Wildman–Crippen LogP) is 0.475. The Bertz CT molecular complexity index is 541. The molecule has 2 amide bonds. The molecule has 0 radical (unpaired) electrons. The fourth-order valence-electron chi connectivity index (χ4n) is 2.32. The number of carbonyl (C=O) groups excluding carboxylic acids is 2. The number of hydrogen-bond donors (Lipinski definition) is 2. The third kappa shape index (κ3) is 2.42. The molecule has 6 nitrogen and oxygen atoms in total. The van der Waals surface area contributed by atoms with Gasteiger partial charge in [-0.15, -0.1) is 0 Å². The SMILES string of the molecule is NC(=O)C1CCCN1C(=O)c1ccccc1C(=O)O. The van der Waals surface area contributed by atoms with Gasteiger partial charge in [0, 0.05) is 6.54 Å². The normalized spacial score (nSPS) is 18.3. The maximum Gasteiger partial charge on any atom is 0.336 e. The van der Waals surface area contributed by atoms with Crippen molar-refractivity contribution in [3.63, 3.8) is 0 Å². The fourth-order valence-corrected chi connectivity index (χ4v) is 2.32. The van der Waals surface area contributed by atoms with Crippen molar-refractivity contribution in [2.45, 2.75) is 18.9 Å². The van der Waals surface area contributed by atoms with Gasteiger partial charge >= 0.3 is 5.97 Å². The average molecular weight is 262 g/mol. The molecular formula is C13H14N2O4. The molecule has 1 aliphatic heterocycles. The third-order valence-corrected chi connectivity index (χ3v) is 3.23. The van der Waals surface area contributed by atoms with Gasteiger partial charge in [0.05, 0.1) is 11.1 Å². The molecule has 1 aromatic carbocycles. The number of amides is 2. The molecule has 19 heavy (non-hydrogen) atoms. The molecule has 1 saturated heterocycles. The number of likely N-dealkylation sites (tertiary alicyclic amines) is 1. The second-order valence-corrected chi connectivity index (χ2v) is 4.41. The molecule has 1 fully saturated rings. The Morgan fingerprint density at radius 3 is 2.42 bits per heavy atom. The van der Waals surface area contributed by atoms with Crippen LogP contribution in [0.3, 0.4) is 0 Å². The van der Waals surface area contributed by atoms with Crippen LogP contribution in [0.2, 0.25) is 0 Å². The van der Waals surface area contributed by atoms with Crippen molar-refractivity contribution in [3.8, 4) is 0 Å². The highest BCUT2D eigenvalue weighted by molar-refractivity contribution is 6.06. The van der Waals surface area contributed by atoms with E-state index in [2.05, 4.69) is 0 Å². The van der Waals surface area contributed by atoms with E-state index in [4.69, 9.17) is 10.8 Å². The van der Waals surface area contributed by atoms with E-state index in [-0.39, 0.29) is 11.1 Å². The van der Waals surface area contributed by atoms with Gasteiger partial charge in [-0.2, -0.15) is 0 Å². The Kier molecular flexibility index (Phi) is 3.50. The van der Waals surface area contributed by atoms with Gasteiger partial charge in [0.1, 0.15) is 6.04 Å². The van der Waals surface area contributed by atoms with Crippen LogP contribution >= 0.6 is 0 Å². The lowest BCUT2D eigenvalue weighted by atomic mass is 10.1. The summed E-state index contributed by atoms with van der Waals surface area (Å²) >= 11 is 0. The standard InChI is InChI=1S/C13H14N2O4/c14-11(16)10-6-3-7-15(10)12(17)8-4-1-2-5-9(8)13(18)19/h1-2,4-5,10H,3,6-7H2,(H2,14,16)(H,18,19). The summed E-state index contributed by atoms with van der Waals surface area (Å²) in [6, 6.07) is 5.31. The zero-order valence-corrected chi connectivity index (χ0v) is 10.2. The topological polar surface area (TPSA) is 101 Å². The number of benzene rings is 1. The number of rotatable bonds is 3. The summed E-state index contributed by atoms with van der Waals surface area (Å²) in [5, 5.41) is 9.07. The van der Waals surface area contributed by atoms with Gasteiger partial charge in [0.15, 0.2) is 0 Å². The van der Waals surface area contributed by atoms with Crippen LogP contribution < -0.4 is 5.73 Å². The number of carboxylic acids is 1. The number of nitrogens with zero attached hydrogens (tertiary/aromatic N) is 1. The molecule has 1 aromatic rings. The molecule has 1 atom stereocenters. The van der Waals surface area contributed by atoms with Crippen molar-refractivity contribution >= 4 is 17.8 Å². The maximum atomic E-state index is 12.3. The van der Waals surface area contributed by atoms with Gasteiger partial charge in [-0.3, -0.25) is 9.59 Å². The molecule has 0 aliphatic carbocycles. The van der Waals surface area contributed by atoms with Crippen molar-refractivity contribution in [1.82, 2.24) is 4.90 Å². The smallest absolute Gasteiger partial charge is 0.336 e. The van der Waals surface area contributed by atoms with E-state index in [1.54, 1.807) is 12.1 Å². The van der Waals surface area contributed by atoms with Crippen LogP contribution in [0.1, 0.15) is 33.6 Å². The molecule has 1 unspecified atom stereocenters. The van der Waals surface area contributed by atoms with Gasteiger partial charge in [0.2, 0.25) is 5.91 Å². The van der Waals surface area contributed by atoms with Gasteiger partial charge in [-0.1, -0.05) is 12.1 Å². The van der Waals surface area contributed by atoms with Gasteiger partial charge in [0.25, 0.3) is 5.91 Å². The van der Waals surface area contributed by atoms with Crippen LogP contribution in [0.15, 0.2) is 24.3 Å². The van der Waals surface area contributed by atoms with E-state index in [0.717, 1.165) is 0 Å². The lowest BCUT2D eigenvalue weighted by molar-refractivity contribution is -0.121. The summed E-state index contributed by atoms with van der Waals surface area (Å²) in [7, 11) is 0. The first-order chi connectivity index (χ1) is 9.02. The Hall–Kier alpha value is -2.37. The summed E-state index contributed by atoms with van der Waals surface area (Å²) in [5.74, 6) is -2.18. The highest BCUT2D eigenvalue weighted by Crippen LogP contribution is 2.21. The van der Waals surface area contributed by atoms with Crippen LogP contribution in [0.25, 0.3) is 0 Å². The zero-order valence-electron chi connectivity index (χ0n) is 10.2. The van der Waals surface area contributed by atoms with Crippen molar-refractivity contribution in [2.24, 2.45) is 5.73 Å². The van der Waals surface area contributed by atoms with E-state index in [1.165, 1.54) is 17.0 Å². The van der Waals surface area contributed by atoms with Crippen molar-refractivity contribution in [3.05, 3.63) is 35.4 Å². The Morgan fingerprint density at radius 2 is 1.84 bits per heavy atom. The summed E-state index contributed by atoms with van der Waals surface area (Å²) in [5.41, 5.74) is 5.27. The lowest BCUT2D eigenvalue weighted by Crippen LogP contribution is -2.44. The number of nitrogens with two attached hydrogens (primary N) is 1. The minimum Gasteiger partial charge on any atom is -0.478 e. The molecule has 100 valence electrons. The lowest BCUT2D eigenvalue weighted by Gasteiger charge is -2.22. The van der Waals surface area contributed by atoms with E-state index in [1.807, 2.05) is 0 Å². The van der Waals surface area contributed by atoms with Crippen LogP contribution in [0.4, 0.5) is 0 Å². The molecule has 2 rings (SSSR count). The predicted molar refractivity (Wildman–Crippen MR) is 66.7 cm³/mol. The molecule has 3 N–H and O–H groups in total. The quantitative estimate of drug-likeness (QED) is 0.827. The Morgan fingerprint density at radius 1 is 1.21 bits per heavy atom. The first kappa shape index (κ1) is 13.1. The van der Waals surface area contributed by atoms with Gasteiger partial charge in [-0.05, 0) is 25.0 Å². The third-order valence-electron chi connectivity index (χ3n) is 3.23. The Labute approximate surface area is 109 Å². The van der Waals surface area contributed by atoms with Crippen LogP contribution in [-0.4, -0.2) is 40.4 Å². The average Bonchev–Trinajstić information content (AvgIpc) is 2.87. The van der Waals surface area contributed by atoms with Gasteiger partial charge in [-0.25, -0.2) is 4.79 Å². The van der Waals surface area contributed by atoms with Crippen LogP contribution in [0.5, 0.6) is 0 Å². The monoisotopic (exact) mass is 262 g/mol. The molecule has 1 aliphatic rings. The van der Waals surface area contributed by atoms with Crippen LogP contribution in [0, 0.1) is 0 Å². The second kappa shape index (κ2) is 5.09. The molecule has 0 spiro atoms. The summed E-state index contributed by atoms with van der Waals surface area (Å²) in [4.78, 5) is 36.1. The van der Waals surface area contributed by atoms with E-state index in [9.17, 15) is 14.4 Å². The number of carbonyl (C=O) groups is 3. The number of carboxylic acid groups (broad SMARTS) is 1. The van der Waals surface area contributed by atoms with Gasteiger partial charge < -0.3 is 15.7 Å². The summed E-state index contributed by atoms with van der Waals surface area (Å²) < 4.78 is 0. The second-order valence-electron chi connectivity index (χ2n) is 4.41. The molecule has 1 heterocycles.